The predicted molar refractivity (Wildman–Crippen MR) is 103 cm³/mol. The molecule has 0 atom stereocenters. The molecule has 152 valence electrons. The maximum Gasteiger partial charge on any atom is 0.316 e. The van der Waals surface area contributed by atoms with Gasteiger partial charge in [-0.05, 0) is 31.2 Å². The summed E-state index contributed by atoms with van der Waals surface area (Å²) in [4.78, 5) is 28.1. The maximum absolute atomic E-state index is 12.1. The second kappa shape index (κ2) is 9.69. The molecule has 0 spiro atoms. The van der Waals surface area contributed by atoms with E-state index >= 15 is 0 Å². The molecule has 2 aromatic heterocycles. The van der Waals surface area contributed by atoms with Crippen molar-refractivity contribution in [1.29, 1.82) is 0 Å². The third-order valence-electron chi connectivity index (χ3n) is 3.69. The van der Waals surface area contributed by atoms with Gasteiger partial charge in [0.25, 0.3) is 5.91 Å². The fourth-order valence-electron chi connectivity index (χ4n) is 2.38. The summed E-state index contributed by atoms with van der Waals surface area (Å²) in [5.41, 5.74) is 0.500. The van der Waals surface area contributed by atoms with Crippen LogP contribution < -0.4 is 15.4 Å². The van der Waals surface area contributed by atoms with Crippen molar-refractivity contribution in [2.24, 2.45) is 0 Å². The number of halogens is 1. The predicted octanol–water partition coefficient (Wildman–Crippen LogP) is 1.53. The van der Waals surface area contributed by atoms with Gasteiger partial charge in [-0.1, -0.05) is 16.8 Å². The molecule has 0 aliphatic heterocycles. The summed E-state index contributed by atoms with van der Waals surface area (Å²) in [7, 11) is 0. The van der Waals surface area contributed by atoms with Crippen molar-refractivity contribution < 1.29 is 18.8 Å². The van der Waals surface area contributed by atoms with Crippen LogP contribution in [0.15, 0.2) is 41.2 Å². The zero-order chi connectivity index (χ0) is 20.6. The van der Waals surface area contributed by atoms with E-state index in [2.05, 4.69) is 25.9 Å². The molecule has 2 amide bonds. The van der Waals surface area contributed by atoms with E-state index in [1.807, 2.05) is 6.92 Å². The smallest absolute Gasteiger partial charge is 0.316 e. The number of benzene rings is 1. The molecule has 10 nitrogen and oxygen atoms in total. The van der Waals surface area contributed by atoms with Crippen molar-refractivity contribution in [1.82, 2.24) is 30.6 Å². The maximum atomic E-state index is 12.1. The van der Waals surface area contributed by atoms with Gasteiger partial charge in [0.2, 0.25) is 0 Å². The van der Waals surface area contributed by atoms with Gasteiger partial charge in [0.1, 0.15) is 12.3 Å². The van der Waals surface area contributed by atoms with Crippen LogP contribution in [0.2, 0.25) is 5.02 Å². The minimum absolute atomic E-state index is 0.170. The number of hydrogen-bond acceptors (Lipinski definition) is 7. The first-order valence-corrected chi connectivity index (χ1v) is 9.22. The van der Waals surface area contributed by atoms with Crippen LogP contribution in [-0.2, 0) is 6.54 Å². The lowest BCUT2D eigenvalue weighted by Gasteiger charge is -2.07. The Hall–Kier alpha value is -3.40. The van der Waals surface area contributed by atoms with Gasteiger partial charge in [-0.25, -0.2) is 0 Å². The fourth-order valence-corrected chi connectivity index (χ4v) is 2.54. The summed E-state index contributed by atoms with van der Waals surface area (Å²) in [6.07, 6.45) is 3.08. The van der Waals surface area contributed by atoms with Gasteiger partial charge in [0.15, 0.2) is 5.82 Å². The zero-order valence-corrected chi connectivity index (χ0v) is 16.3. The molecule has 2 N–H and O–H groups in total. The number of nitrogens with zero attached hydrogens (tertiary/aromatic N) is 4. The number of amides is 2. The van der Waals surface area contributed by atoms with E-state index < -0.39 is 5.91 Å². The Morgan fingerprint density at radius 1 is 1.17 bits per heavy atom. The van der Waals surface area contributed by atoms with Crippen LogP contribution in [0.25, 0.3) is 0 Å². The molecule has 1 aromatic carbocycles. The third kappa shape index (κ3) is 5.79. The van der Waals surface area contributed by atoms with E-state index in [0.29, 0.717) is 28.8 Å². The summed E-state index contributed by atoms with van der Waals surface area (Å²) in [5.74, 6) is 0.0403. The van der Waals surface area contributed by atoms with Gasteiger partial charge in [-0.15, -0.1) is 0 Å². The van der Waals surface area contributed by atoms with Crippen molar-refractivity contribution in [2.45, 2.75) is 13.5 Å². The van der Waals surface area contributed by atoms with E-state index in [4.69, 9.17) is 20.9 Å². The molecule has 0 aliphatic rings. The Labute approximate surface area is 171 Å². The molecule has 2 heterocycles. The van der Waals surface area contributed by atoms with E-state index in [9.17, 15) is 9.59 Å². The zero-order valence-electron chi connectivity index (χ0n) is 15.6. The molecule has 0 saturated heterocycles. The van der Waals surface area contributed by atoms with Crippen molar-refractivity contribution >= 4 is 23.4 Å². The molecule has 0 saturated carbocycles. The van der Waals surface area contributed by atoms with Gasteiger partial charge < -0.3 is 19.9 Å². The topological polar surface area (TPSA) is 124 Å². The van der Waals surface area contributed by atoms with Gasteiger partial charge in [0.05, 0.1) is 17.8 Å². The lowest BCUT2D eigenvalue weighted by Crippen LogP contribution is -2.34. The highest BCUT2D eigenvalue weighted by Crippen LogP contribution is 2.11. The van der Waals surface area contributed by atoms with Crippen molar-refractivity contribution in [2.75, 3.05) is 19.7 Å². The highest BCUT2D eigenvalue weighted by molar-refractivity contribution is 6.30. The van der Waals surface area contributed by atoms with Crippen LogP contribution in [0, 0.1) is 0 Å². The van der Waals surface area contributed by atoms with E-state index in [1.54, 1.807) is 30.5 Å². The van der Waals surface area contributed by atoms with Crippen LogP contribution in [-0.4, -0.2) is 51.4 Å². The molecule has 0 fully saturated rings. The summed E-state index contributed by atoms with van der Waals surface area (Å²) in [5, 5.41) is 13.5. The lowest BCUT2D eigenvalue weighted by atomic mass is 10.2. The molecule has 3 rings (SSSR count). The largest absolute Gasteiger partial charge is 0.494 e. The SMILES string of the molecule is CCOc1ccc(C(=O)NCCNC(=O)c2nc(Cn3cc(Cl)cn3)no2)cc1. The monoisotopic (exact) mass is 418 g/mol. The first kappa shape index (κ1) is 20.3. The minimum Gasteiger partial charge on any atom is -0.494 e. The van der Waals surface area contributed by atoms with Crippen LogP contribution in [0.5, 0.6) is 5.75 Å². The Balaban J connectivity index is 1.41. The highest BCUT2D eigenvalue weighted by atomic mass is 35.5. The second-order valence-electron chi connectivity index (χ2n) is 5.84. The Morgan fingerprint density at radius 3 is 2.55 bits per heavy atom. The molecular weight excluding hydrogens is 400 g/mol. The number of carbonyl (C=O) groups is 2. The molecular formula is C18H19ClN6O4. The Bertz CT molecular complexity index is 969. The molecule has 0 radical (unpaired) electrons. The molecule has 0 unspecified atom stereocenters. The second-order valence-corrected chi connectivity index (χ2v) is 6.28. The average molecular weight is 419 g/mol. The fraction of sp³-hybridized carbons (Fsp3) is 0.278. The first-order valence-electron chi connectivity index (χ1n) is 8.85. The normalized spacial score (nSPS) is 10.6. The van der Waals surface area contributed by atoms with Crippen LogP contribution in [0.3, 0.4) is 0 Å². The van der Waals surface area contributed by atoms with E-state index in [-0.39, 0.29) is 31.4 Å². The Kier molecular flexibility index (Phi) is 6.80. The minimum atomic E-state index is -0.530. The van der Waals surface area contributed by atoms with Crippen LogP contribution in [0.1, 0.15) is 33.8 Å². The van der Waals surface area contributed by atoms with E-state index in [1.165, 1.54) is 10.9 Å². The summed E-state index contributed by atoms with van der Waals surface area (Å²) in [6.45, 7) is 3.12. The van der Waals surface area contributed by atoms with Crippen molar-refractivity contribution in [3.63, 3.8) is 0 Å². The van der Waals surface area contributed by atoms with E-state index in [0.717, 1.165) is 0 Å². The summed E-state index contributed by atoms with van der Waals surface area (Å²) in [6, 6.07) is 6.80. The van der Waals surface area contributed by atoms with Gasteiger partial charge in [0, 0.05) is 24.8 Å². The molecule has 11 heteroatoms. The lowest BCUT2D eigenvalue weighted by molar-refractivity contribution is 0.0898. The number of aromatic nitrogens is 4. The van der Waals surface area contributed by atoms with Crippen LogP contribution in [0.4, 0.5) is 0 Å². The number of nitrogens with one attached hydrogen (secondary N) is 2. The molecule has 0 bridgehead atoms. The van der Waals surface area contributed by atoms with Gasteiger partial charge >= 0.3 is 11.8 Å². The first-order chi connectivity index (χ1) is 14.0. The molecule has 29 heavy (non-hydrogen) atoms. The quantitative estimate of drug-likeness (QED) is 0.505. The standard InChI is InChI=1S/C18H19ClN6O4/c1-2-28-14-5-3-12(4-6-14)16(26)20-7-8-21-17(27)18-23-15(24-29-18)11-25-10-13(19)9-22-25/h3-6,9-10H,2,7-8,11H2,1H3,(H,20,26)(H,21,27). The number of ether oxygens (including phenoxy) is 1. The molecule has 3 aromatic rings. The van der Waals surface area contributed by atoms with Crippen molar-refractivity contribution in [3.8, 4) is 5.75 Å². The Morgan fingerprint density at radius 2 is 1.90 bits per heavy atom. The molecule has 0 aliphatic carbocycles. The van der Waals surface area contributed by atoms with Gasteiger partial charge in [-0.3, -0.25) is 14.3 Å². The average Bonchev–Trinajstić information content (AvgIpc) is 3.35. The van der Waals surface area contributed by atoms with Gasteiger partial charge in [-0.2, -0.15) is 10.1 Å². The third-order valence-corrected chi connectivity index (χ3v) is 3.89. The van der Waals surface area contributed by atoms with Crippen LogP contribution >= 0.6 is 11.6 Å². The van der Waals surface area contributed by atoms with Crippen molar-refractivity contribution in [3.05, 3.63) is 59.0 Å². The number of rotatable bonds is 9. The number of carbonyl (C=O) groups excluding carboxylic acids is 2. The summed E-state index contributed by atoms with van der Waals surface area (Å²) >= 11 is 5.79. The summed E-state index contributed by atoms with van der Waals surface area (Å²) < 4.78 is 11.8. The highest BCUT2D eigenvalue weighted by Gasteiger charge is 2.15. The number of hydrogen-bond donors (Lipinski definition) is 2.